The first-order valence-corrected chi connectivity index (χ1v) is 7.34. The van der Waals surface area contributed by atoms with E-state index >= 15 is 0 Å². The van der Waals surface area contributed by atoms with Gasteiger partial charge >= 0.3 is 5.97 Å². The molecule has 5 nitrogen and oxygen atoms in total. The molecule has 0 atom stereocenters. The van der Waals surface area contributed by atoms with Crippen LogP contribution in [0.25, 0.3) is 0 Å². The molecule has 24 heavy (non-hydrogen) atoms. The fourth-order valence-corrected chi connectivity index (χ4v) is 2.29. The van der Waals surface area contributed by atoms with Crippen LogP contribution in [0.1, 0.15) is 17.4 Å². The highest BCUT2D eigenvalue weighted by molar-refractivity contribution is 6.29. The van der Waals surface area contributed by atoms with Gasteiger partial charge in [0.05, 0.1) is 5.69 Å². The molecule has 2 rings (SSSR count). The van der Waals surface area contributed by atoms with Crippen molar-refractivity contribution in [2.24, 2.45) is 0 Å². The number of halogens is 3. The predicted molar refractivity (Wildman–Crippen MR) is 88.4 cm³/mol. The Bertz CT molecular complexity index is 754. The maximum Gasteiger partial charge on any atom is 0.356 e. The lowest BCUT2D eigenvalue weighted by Gasteiger charge is -2.28. The van der Waals surface area contributed by atoms with Gasteiger partial charge in [0.2, 0.25) is 0 Å². The van der Waals surface area contributed by atoms with E-state index in [0.717, 1.165) is 6.92 Å². The van der Waals surface area contributed by atoms with Gasteiger partial charge in [-0.2, -0.15) is 0 Å². The molecule has 1 aliphatic heterocycles. The van der Waals surface area contributed by atoms with Crippen molar-refractivity contribution in [3.8, 4) is 0 Å². The molecule has 8 heteroatoms. The summed E-state index contributed by atoms with van der Waals surface area (Å²) in [6.45, 7) is 4.78. The Morgan fingerprint density at radius 3 is 2.75 bits per heavy atom. The number of carboxylic acid groups (broad SMARTS) is 1. The third-order valence-electron chi connectivity index (χ3n) is 3.50. The highest BCUT2D eigenvalue weighted by Crippen LogP contribution is 2.31. The normalized spacial score (nSPS) is 15.0. The molecule has 1 aromatic heterocycles. The van der Waals surface area contributed by atoms with E-state index in [0.29, 0.717) is 11.3 Å². The topological polar surface area (TPSA) is 65.5 Å². The number of allylic oxidation sites excluding steroid dienone is 2. The predicted octanol–water partition coefficient (Wildman–Crippen LogP) is 3.77. The van der Waals surface area contributed by atoms with Crippen molar-refractivity contribution in [3.63, 3.8) is 0 Å². The summed E-state index contributed by atoms with van der Waals surface area (Å²) in [4.78, 5) is 16.5. The first kappa shape index (κ1) is 17.9. The van der Waals surface area contributed by atoms with E-state index in [4.69, 9.17) is 16.7 Å². The number of carboxylic acids is 1. The van der Waals surface area contributed by atoms with Gasteiger partial charge in [-0.3, -0.25) is 0 Å². The Morgan fingerprint density at radius 2 is 2.17 bits per heavy atom. The van der Waals surface area contributed by atoms with Crippen LogP contribution in [-0.4, -0.2) is 40.5 Å². The van der Waals surface area contributed by atoms with Crippen LogP contribution in [0.2, 0.25) is 5.15 Å². The Balaban J connectivity index is 2.25. The molecule has 2 N–H and O–H groups in total. The third kappa shape index (κ3) is 3.91. The molecule has 0 bridgehead atoms. The first-order valence-electron chi connectivity index (χ1n) is 6.96. The summed E-state index contributed by atoms with van der Waals surface area (Å²) < 4.78 is 27.1. The van der Waals surface area contributed by atoms with Gasteiger partial charge in [-0.25, -0.2) is 18.6 Å². The van der Waals surface area contributed by atoms with Crippen molar-refractivity contribution in [3.05, 3.63) is 58.7 Å². The van der Waals surface area contributed by atoms with E-state index < -0.39 is 11.9 Å². The highest BCUT2D eigenvalue weighted by Gasteiger charge is 2.29. The number of anilines is 1. The van der Waals surface area contributed by atoms with Crippen molar-refractivity contribution in [1.82, 2.24) is 9.88 Å². The minimum absolute atomic E-state index is 0.0508. The summed E-state index contributed by atoms with van der Waals surface area (Å²) in [5, 5.41) is 12.1. The average molecular weight is 356 g/mol. The standard InChI is InChI=1S/C16H16ClF2N3O2/c1-9-10(6-11(8-22(9)3)16(2,18)19)7-20-12-4-5-13(17)21-14(12)15(23)24/h4-6,8,20H,1,7H2,2-3H3,(H,23,24). The first-order chi connectivity index (χ1) is 11.1. The van der Waals surface area contributed by atoms with E-state index in [-0.39, 0.29) is 28.7 Å². The molecule has 2 heterocycles. The molecule has 0 saturated heterocycles. The molecule has 0 amide bonds. The molecular formula is C16H16ClF2N3O2. The highest BCUT2D eigenvalue weighted by atomic mass is 35.5. The molecule has 1 aliphatic rings. The van der Waals surface area contributed by atoms with Gasteiger partial charge in [0.15, 0.2) is 5.69 Å². The van der Waals surface area contributed by atoms with Crippen LogP contribution in [0.3, 0.4) is 0 Å². The second kappa shape index (κ2) is 6.60. The molecule has 1 aromatic rings. The maximum absolute atomic E-state index is 13.6. The lowest BCUT2D eigenvalue weighted by molar-refractivity contribution is 0.0653. The number of aromatic nitrogens is 1. The molecule has 0 spiro atoms. The summed E-state index contributed by atoms with van der Waals surface area (Å²) >= 11 is 5.70. The monoisotopic (exact) mass is 355 g/mol. The number of hydrogen-bond acceptors (Lipinski definition) is 4. The van der Waals surface area contributed by atoms with Crippen LogP contribution in [-0.2, 0) is 0 Å². The quantitative estimate of drug-likeness (QED) is 0.787. The number of hydrogen-bond donors (Lipinski definition) is 2. The zero-order valence-corrected chi connectivity index (χ0v) is 13.9. The van der Waals surface area contributed by atoms with Crippen molar-refractivity contribution < 1.29 is 18.7 Å². The van der Waals surface area contributed by atoms with E-state index in [1.54, 1.807) is 7.05 Å². The van der Waals surface area contributed by atoms with Crippen LogP contribution in [0.4, 0.5) is 14.5 Å². The van der Waals surface area contributed by atoms with Gasteiger partial charge in [-0.05, 0) is 23.8 Å². The zero-order valence-electron chi connectivity index (χ0n) is 13.1. The van der Waals surface area contributed by atoms with Crippen molar-refractivity contribution in [2.75, 3.05) is 18.9 Å². The second-order valence-electron chi connectivity index (χ2n) is 5.39. The smallest absolute Gasteiger partial charge is 0.356 e. The SMILES string of the molecule is C=C1C(CNc2ccc(Cl)nc2C(=O)O)=CC(C(C)(F)F)=CN1C. The molecule has 0 saturated carbocycles. The van der Waals surface area contributed by atoms with Gasteiger partial charge in [0.1, 0.15) is 5.15 Å². The van der Waals surface area contributed by atoms with Crippen molar-refractivity contribution >= 4 is 23.3 Å². The Labute approximate surface area is 142 Å². The van der Waals surface area contributed by atoms with Crippen LogP contribution < -0.4 is 5.32 Å². The molecule has 0 unspecified atom stereocenters. The van der Waals surface area contributed by atoms with Gasteiger partial charge < -0.3 is 15.3 Å². The molecule has 128 valence electrons. The third-order valence-corrected chi connectivity index (χ3v) is 3.71. The largest absolute Gasteiger partial charge is 0.476 e. The summed E-state index contributed by atoms with van der Waals surface area (Å²) in [6.07, 6.45) is 2.66. The number of alkyl halides is 2. The van der Waals surface area contributed by atoms with E-state index in [9.17, 15) is 13.6 Å². The summed E-state index contributed by atoms with van der Waals surface area (Å²) in [5.41, 5.74) is 0.899. The summed E-state index contributed by atoms with van der Waals surface area (Å²) in [6, 6.07) is 2.91. The van der Waals surface area contributed by atoms with E-state index in [2.05, 4.69) is 16.9 Å². The van der Waals surface area contributed by atoms with Gasteiger partial charge in [0.25, 0.3) is 5.92 Å². The van der Waals surface area contributed by atoms with Gasteiger partial charge in [-0.1, -0.05) is 18.2 Å². The number of nitrogens with one attached hydrogen (secondary N) is 1. The van der Waals surface area contributed by atoms with Crippen LogP contribution in [0, 0.1) is 0 Å². The van der Waals surface area contributed by atoms with Gasteiger partial charge in [-0.15, -0.1) is 0 Å². The number of likely N-dealkylation sites (N-methyl/N-ethyl adjacent to an activating group) is 1. The zero-order chi connectivity index (χ0) is 18.1. The average Bonchev–Trinajstić information content (AvgIpc) is 2.48. The van der Waals surface area contributed by atoms with E-state index in [1.165, 1.54) is 29.3 Å². The lowest BCUT2D eigenvalue weighted by Crippen LogP contribution is -2.25. The Morgan fingerprint density at radius 1 is 1.50 bits per heavy atom. The number of rotatable bonds is 5. The number of carbonyl (C=O) groups is 1. The number of nitrogens with zero attached hydrogens (tertiary/aromatic N) is 2. The van der Waals surface area contributed by atoms with Crippen LogP contribution >= 0.6 is 11.6 Å². The number of aromatic carboxylic acids is 1. The lowest BCUT2D eigenvalue weighted by atomic mass is 10.0. The molecule has 0 aromatic carbocycles. The number of pyridine rings is 1. The van der Waals surface area contributed by atoms with Crippen LogP contribution in [0.5, 0.6) is 0 Å². The summed E-state index contributed by atoms with van der Waals surface area (Å²) in [7, 11) is 1.62. The van der Waals surface area contributed by atoms with Crippen molar-refractivity contribution in [2.45, 2.75) is 12.8 Å². The second-order valence-corrected chi connectivity index (χ2v) is 5.78. The fourth-order valence-electron chi connectivity index (χ4n) is 2.15. The fraction of sp³-hybridized carbons (Fsp3) is 0.250. The minimum Gasteiger partial charge on any atom is -0.476 e. The Kier molecular flexibility index (Phi) is 4.94. The minimum atomic E-state index is -2.99. The van der Waals surface area contributed by atoms with E-state index in [1.807, 2.05) is 0 Å². The molecule has 0 radical (unpaired) electrons. The Hall–Kier alpha value is -2.41. The molecule has 0 fully saturated rings. The maximum atomic E-state index is 13.6. The van der Waals surface area contributed by atoms with Crippen LogP contribution in [0.15, 0.2) is 47.8 Å². The molecular weight excluding hydrogens is 340 g/mol. The van der Waals surface area contributed by atoms with Crippen molar-refractivity contribution in [1.29, 1.82) is 0 Å². The summed E-state index contributed by atoms with van der Waals surface area (Å²) in [5.74, 6) is -4.23. The van der Waals surface area contributed by atoms with Gasteiger partial charge in [0, 0.05) is 38.0 Å². The molecule has 0 aliphatic carbocycles.